The molecule has 0 bridgehead atoms. The predicted molar refractivity (Wildman–Crippen MR) is 160 cm³/mol. The van der Waals surface area contributed by atoms with Gasteiger partial charge in [-0.05, 0) is 68.3 Å². The molecule has 11 nitrogen and oxygen atoms in total. The Kier molecular flexibility index (Phi) is 11.2. The lowest BCUT2D eigenvalue weighted by Gasteiger charge is -2.32. The van der Waals surface area contributed by atoms with E-state index in [4.69, 9.17) is 4.74 Å². The monoisotopic (exact) mass is 614 g/mol. The van der Waals surface area contributed by atoms with Crippen molar-refractivity contribution in [3.8, 4) is 5.75 Å². The molecule has 13 heteroatoms. The van der Waals surface area contributed by atoms with Gasteiger partial charge < -0.3 is 15.0 Å². The maximum absolute atomic E-state index is 14.0. The number of methoxy groups -OCH3 is 1. The highest BCUT2D eigenvalue weighted by Crippen LogP contribution is 2.29. The van der Waals surface area contributed by atoms with Crippen molar-refractivity contribution in [3.05, 3.63) is 93.8 Å². The minimum Gasteiger partial charge on any atom is -0.497 e. The van der Waals surface area contributed by atoms with Crippen LogP contribution in [-0.2, 0) is 26.2 Å². The lowest BCUT2D eigenvalue weighted by molar-refractivity contribution is -0.385. The molecule has 0 heterocycles. The van der Waals surface area contributed by atoms with E-state index in [2.05, 4.69) is 5.32 Å². The molecule has 0 saturated heterocycles. The van der Waals surface area contributed by atoms with E-state index < -0.39 is 50.9 Å². The number of rotatable bonds is 14. The first-order valence-corrected chi connectivity index (χ1v) is 15.1. The van der Waals surface area contributed by atoms with Crippen LogP contribution in [0.3, 0.4) is 0 Å². The van der Waals surface area contributed by atoms with Crippen molar-refractivity contribution in [3.63, 3.8) is 0 Å². The molecule has 0 spiro atoms. The molecule has 0 radical (unpaired) electrons. The van der Waals surface area contributed by atoms with Gasteiger partial charge in [0, 0.05) is 24.7 Å². The Labute approximate surface area is 250 Å². The van der Waals surface area contributed by atoms with Crippen LogP contribution in [0.5, 0.6) is 5.75 Å². The van der Waals surface area contributed by atoms with Crippen LogP contribution in [0.25, 0.3) is 0 Å². The Morgan fingerprint density at radius 3 is 2.30 bits per heavy atom. The third-order valence-corrected chi connectivity index (χ3v) is 8.64. The van der Waals surface area contributed by atoms with E-state index in [-0.39, 0.29) is 22.7 Å². The normalized spacial score (nSPS) is 11.8. The van der Waals surface area contributed by atoms with Crippen molar-refractivity contribution in [1.29, 1.82) is 0 Å². The van der Waals surface area contributed by atoms with Crippen LogP contribution < -0.4 is 14.4 Å². The number of aryl methyl sites for hydroxylation is 1. The molecule has 0 saturated carbocycles. The van der Waals surface area contributed by atoms with Crippen molar-refractivity contribution in [2.75, 3.05) is 24.5 Å². The molecule has 230 valence electrons. The van der Waals surface area contributed by atoms with E-state index in [1.807, 2.05) is 6.92 Å². The maximum atomic E-state index is 14.0. The molecular formula is C30H35FN4O7S. The van der Waals surface area contributed by atoms with Crippen LogP contribution in [-0.4, -0.2) is 56.3 Å². The first-order valence-electron chi connectivity index (χ1n) is 13.6. The highest BCUT2D eigenvalue weighted by molar-refractivity contribution is 7.92. The quantitative estimate of drug-likeness (QED) is 0.159. The smallest absolute Gasteiger partial charge is 0.273 e. The second-order valence-corrected chi connectivity index (χ2v) is 11.7. The van der Waals surface area contributed by atoms with Gasteiger partial charge in [-0.25, -0.2) is 12.8 Å². The molecule has 3 aromatic carbocycles. The second-order valence-electron chi connectivity index (χ2n) is 9.88. The summed E-state index contributed by atoms with van der Waals surface area (Å²) in [5, 5.41) is 14.4. The van der Waals surface area contributed by atoms with Crippen LogP contribution in [0, 0.1) is 22.9 Å². The minimum absolute atomic E-state index is 0.0964. The third kappa shape index (κ3) is 8.28. The van der Waals surface area contributed by atoms with Crippen molar-refractivity contribution < 1.29 is 32.1 Å². The Bertz CT molecular complexity index is 1550. The molecule has 0 aliphatic carbocycles. The number of hydrogen-bond acceptors (Lipinski definition) is 7. The molecule has 0 aromatic heterocycles. The summed E-state index contributed by atoms with van der Waals surface area (Å²) in [6.45, 7) is 4.55. The van der Waals surface area contributed by atoms with Gasteiger partial charge in [-0.2, -0.15) is 0 Å². The lowest BCUT2D eigenvalue weighted by atomic mass is 10.1. The van der Waals surface area contributed by atoms with E-state index in [0.717, 1.165) is 23.2 Å². The fraction of sp³-hybridized carbons (Fsp3) is 0.333. The number of nitro benzene ring substituents is 1. The number of amides is 2. The Morgan fingerprint density at radius 1 is 1.07 bits per heavy atom. The SMILES string of the molecule is CCCCNC(=O)[C@@H](C)N(Cc1ccc(F)cc1)C(=O)CN(c1ccc(OC)cc1)S(=O)(=O)c1ccc(C)c([N+](=O)[O-])c1. The average Bonchev–Trinajstić information content (AvgIpc) is 2.99. The zero-order valence-electron chi connectivity index (χ0n) is 24.4. The predicted octanol–water partition coefficient (Wildman–Crippen LogP) is 4.58. The number of carbonyl (C=O) groups excluding carboxylic acids is 2. The van der Waals surface area contributed by atoms with Gasteiger partial charge in [0.1, 0.15) is 24.2 Å². The fourth-order valence-electron chi connectivity index (χ4n) is 4.26. The van der Waals surface area contributed by atoms with Crippen molar-refractivity contribution in [2.24, 2.45) is 0 Å². The number of carbonyl (C=O) groups is 2. The van der Waals surface area contributed by atoms with Crippen LogP contribution in [0.2, 0.25) is 0 Å². The Hall–Kier alpha value is -4.52. The number of nitro groups is 1. The highest BCUT2D eigenvalue weighted by Gasteiger charge is 2.33. The number of hydrogen-bond donors (Lipinski definition) is 1. The summed E-state index contributed by atoms with van der Waals surface area (Å²) in [5.74, 6) is -1.19. The van der Waals surface area contributed by atoms with Gasteiger partial charge in [0.25, 0.3) is 15.7 Å². The van der Waals surface area contributed by atoms with Crippen molar-refractivity contribution in [2.45, 2.75) is 51.1 Å². The number of sulfonamides is 1. The fourth-order valence-corrected chi connectivity index (χ4v) is 5.69. The van der Waals surface area contributed by atoms with Gasteiger partial charge >= 0.3 is 0 Å². The third-order valence-electron chi connectivity index (χ3n) is 6.87. The summed E-state index contributed by atoms with van der Waals surface area (Å²) in [4.78, 5) is 38.7. The van der Waals surface area contributed by atoms with Crippen LogP contribution >= 0.6 is 0 Å². The first-order chi connectivity index (χ1) is 20.4. The van der Waals surface area contributed by atoms with Crippen molar-refractivity contribution in [1.82, 2.24) is 10.2 Å². The van der Waals surface area contributed by atoms with Crippen LogP contribution in [0.15, 0.2) is 71.6 Å². The minimum atomic E-state index is -4.53. The molecule has 3 rings (SSSR count). The van der Waals surface area contributed by atoms with Gasteiger partial charge in [-0.3, -0.25) is 24.0 Å². The lowest BCUT2D eigenvalue weighted by Crippen LogP contribution is -2.51. The van der Waals surface area contributed by atoms with E-state index in [0.29, 0.717) is 17.9 Å². The zero-order valence-corrected chi connectivity index (χ0v) is 25.3. The molecule has 43 heavy (non-hydrogen) atoms. The van der Waals surface area contributed by atoms with Crippen LogP contribution in [0.4, 0.5) is 15.8 Å². The largest absolute Gasteiger partial charge is 0.497 e. The summed E-state index contributed by atoms with van der Waals surface area (Å²) < 4.78 is 47.6. The molecule has 0 aliphatic heterocycles. The van der Waals surface area contributed by atoms with Gasteiger partial charge in [-0.15, -0.1) is 0 Å². The van der Waals surface area contributed by atoms with Gasteiger partial charge in [0.2, 0.25) is 11.8 Å². The number of halogens is 1. The number of unbranched alkanes of at least 4 members (excludes halogenated alkanes) is 1. The number of benzene rings is 3. The van der Waals surface area contributed by atoms with E-state index in [1.54, 1.807) is 0 Å². The maximum Gasteiger partial charge on any atom is 0.273 e. The van der Waals surface area contributed by atoms with Crippen molar-refractivity contribution >= 4 is 33.2 Å². The van der Waals surface area contributed by atoms with Gasteiger partial charge in [0.15, 0.2) is 0 Å². The summed E-state index contributed by atoms with van der Waals surface area (Å²) in [6, 6.07) is 13.8. The number of nitrogens with zero attached hydrogens (tertiary/aromatic N) is 3. The molecule has 0 aliphatic rings. The number of ether oxygens (including phenoxy) is 1. The summed E-state index contributed by atoms with van der Waals surface area (Å²) in [6.07, 6.45) is 1.58. The molecule has 0 unspecified atom stereocenters. The van der Waals surface area contributed by atoms with Crippen LogP contribution in [0.1, 0.15) is 37.8 Å². The number of nitrogens with one attached hydrogen (secondary N) is 1. The molecule has 0 fully saturated rings. The van der Waals surface area contributed by atoms with E-state index >= 15 is 0 Å². The van der Waals surface area contributed by atoms with Gasteiger partial charge in [-0.1, -0.05) is 31.5 Å². The summed E-state index contributed by atoms with van der Waals surface area (Å²) in [7, 11) is -3.08. The Balaban J connectivity index is 2.06. The van der Waals surface area contributed by atoms with Gasteiger partial charge in [0.05, 0.1) is 22.6 Å². The molecular weight excluding hydrogens is 579 g/mol. The average molecular weight is 615 g/mol. The molecule has 2 amide bonds. The zero-order chi connectivity index (χ0) is 31.7. The molecule has 1 N–H and O–H groups in total. The number of anilines is 1. The highest BCUT2D eigenvalue weighted by atomic mass is 32.2. The topological polar surface area (TPSA) is 139 Å². The molecule has 1 atom stereocenters. The van der Waals surface area contributed by atoms with E-state index in [1.165, 1.54) is 86.5 Å². The Morgan fingerprint density at radius 2 is 1.72 bits per heavy atom. The molecule has 3 aromatic rings. The summed E-state index contributed by atoms with van der Waals surface area (Å²) >= 11 is 0. The second kappa shape index (κ2) is 14.6. The standard InChI is InChI=1S/C30H35FN4O7S/c1-5-6-17-32-30(37)22(3)33(19-23-8-10-24(31)11-9-23)29(36)20-34(25-12-14-26(42-4)15-13-25)43(40,41)27-16-7-21(2)28(18-27)35(38)39/h7-16,18,22H,5-6,17,19-20H2,1-4H3,(H,32,37)/t22-/m1/s1. The summed E-state index contributed by atoms with van der Waals surface area (Å²) in [5.41, 5.74) is 0.497. The first kappa shape index (κ1) is 33.0. The van der Waals surface area contributed by atoms with E-state index in [9.17, 15) is 32.5 Å².